The van der Waals surface area contributed by atoms with E-state index < -0.39 is 0 Å². The maximum absolute atomic E-state index is 11.5. The summed E-state index contributed by atoms with van der Waals surface area (Å²) in [5.41, 5.74) is 0.931. The summed E-state index contributed by atoms with van der Waals surface area (Å²) in [5, 5.41) is 14.8. The number of amides is 1. The molecule has 1 aromatic rings. The molecule has 0 saturated heterocycles. The van der Waals surface area contributed by atoms with E-state index in [0.717, 1.165) is 13.0 Å². The van der Waals surface area contributed by atoms with Crippen LogP contribution in [-0.4, -0.2) is 19.0 Å². The fourth-order valence-electron chi connectivity index (χ4n) is 1.26. The Hall–Kier alpha value is -1.57. The number of anilines is 1. The molecule has 1 rings (SSSR count). The predicted molar refractivity (Wildman–Crippen MR) is 68.0 cm³/mol. The lowest BCUT2D eigenvalue weighted by molar-refractivity contribution is -0.115. The predicted octanol–water partition coefficient (Wildman–Crippen LogP) is 2.15. The van der Waals surface area contributed by atoms with E-state index in [1.807, 2.05) is 13.0 Å². The molecule has 1 amide bonds. The van der Waals surface area contributed by atoms with Gasteiger partial charge in [-0.2, -0.15) is 5.26 Å². The van der Waals surface area contributed by atoms with E-state index in [-0.39, 0.29) is 12.5 Å². The number of nitrogens with one attached hydrogen (secondary N) is 2. The third-order valence-electron chi connectivity index (χ3n) is 2.08. The Morgan fingerprint density at radius 2 is 2.29 bits per heavy atom. The number of carbonyl (C=O) groups excluding carboxylic acids is 1. The first-order chi connectivity index (χ1) is 8.17. The average Bonchev–Trinajstić information content (AvgIpc) is 2.32. The molecule has 0 saturated carbocycles. The fraction of sp³-hybridized carbons (Fsp3) is 0.333. The van der Waals surface area contributed by atoms with Crippen molar-refractivity contribution in [2.75, 3.05) is 18.4 Å². The van der Waals surface area contributed by atoms with Crippen molar-refractivity contribution in [3.63, 3.8) is 0 Å². The Labute approximate surface area is 106 Å². The second-order valence-corrected chi connectivity index (χ2v) is 3.94. The van der Waals surface area contributed by atoms with Crippen molar-refractivity contribution in [1.29, 1.82) is 5.26 Å². The molecule has 0 heterocycles. The summed E-state index contributed by atoms with van der Waals surface area (Å²) in [6, 6.07) is 6.75. The van der Waals surface area contributed by atoms with Crippen LogP contribution in [0.4, 0.5) is 5.69 Å². The van der Waals surface area contributed by atoms with Crippen LogP contribution in [0.2, 0.25) is 5.02 Å². The largest absolute Gasteiger partial charge is 0.324 e. The molecule has 0 bridgehead atoms. The molecular formula is C12H14ClN3O. The molecule has 0 aliphatic carbocycles. The lowest BCUT2D eigenvalue weighted by atomic mass is 10.2. The summed E-state index contributed by atoms with van der Waals surface area (Å²) >= 11 is 5.91. The maximum atomic E-state index is 11.5. The van der Waals surface area contributed by atoms with Crippen LogP contribution in [0.15, 0.2) is 18.2 Å². The van der Waals surface area contributed by atoms with Crippen molar-refractivity contribution in [1.82, 2.24) is 5.32 Å². The number of hydrogen-bond acceptors (Lipinski definition) is 3. The first-order valence-electron chi connectivity index (χ1n) is 5.37. The van der Waals surface area contributed by atoms with Gasteiger partial charge in [0, 0.05) is 0 Å². The standard InChI is InChI=1S/C12H14ClN3O/c1-2-5-15-8-12(17)16-11-6-9(7-14)3-4-10(11)13/h3-4,6,15H,2,5,8H2,1H3,(H,16,17). The summed E-state index contributed by atoms with van der Waals surface area (Å²) in [6.45, 7) is 3.05. The molecule has 0 unspecified atom stereocenters. The van der Waals surface area contributed by atoms with E-state index in [0.29, 0.717) is 16.3 Å². The van der Waals surface area contributed by atoms with Gasteiger partial charge >= 0.3 is 0 Å². The summed E-state index contributed by atoms with van der Waals surface area (Å²) in [5.74, 6) is -0.171. The zero-order valence-corrected chi connectivity index (χ0v) is 10.3. The molecule has 2 N–H and O–H groups in total. The van der Waals surface area contributed by atoms with Gasteiger partial charge in [0.15, 0.2) is 0 Å². The van der Waals surface area contributed by atoms with Crippen molar-refractivity contribution in [3.05, 3.63) is 28.8 Å². The van der Waals surface area contributed by atoms with Crippen LogP contribution in [0, 0.1) is 11.3 Å². The zero-order chi connectivity index (χ0) is 12.7. The van der Waals surface area contributed by atoms with E-state index in [9.17, 15) is 4.79 Å². The van der Waals surface area contributed by atoms with Crippen molar-refractivity contribution in [3.8, 4) is 6.07 Å². The molecule has 0 fully saturated rings. The van der Waals surface area contributed by atoms with Crippen LogP contribution < -0.4 is 10.6 Å². The summed E-state index contributed by atoms with van der Waals surface area (Å²) in [7, 11) is 0. The van der Waals surface area contributed by atoms with Gasteiger partial charge < -0.3 is 10.6 Å². The molecule has 0 spiro atoms. The molecule has 4 nitrogen and oxygen atoms in total. The van der Waals surface area contributed by atoms with Gasteiger partial charge in [-0.3, -0.25) is 4.79 Å². The van der Waals surface area contributed by atoms with Crippen LogP contribution in [0.1, 0.15) is 18.9 Å². The minimum Gasteiger partial charge on any atom is -0.324 e. The first-order valence-corrected chi connectivity index (χ1v) is 5.75. The van der Waals surface area contributed by atoms with E-state index in [2.05, 4.69) is 10.6 Å². The number of carbonyl (C=O) groups is 1. The van der Waals surface area contributed by atoms with Gasteiger partial charge in [0.05, 0.1) is 28.9 Å². The third-order valence-corrected chi connectivity index (χ3v) is 2.41. The quantitative estimate of drug-likeness (QED) is 0.788. The number of halogens is 1. The van der Waals surface area contributed by atoms with Crippen molar-refractivity contribution < 1.29 is 4.79 Å². The summed E-state index contributed by atoms with van der Waals surface area (Å²) < 4.78 is 0. The van der Waals surface area contributed by atoms with Crippen molar-refractivity contribution in [2.24, 2.45) is 0 Å². The van der Waals surface area contributed by atoms with E-state index >= 15 is 0 Å². The Balaban J connectivity index is 2.61. The molecule has 0 aliphatic rings. The Kier molecular flexibility index (Phi) is 5.47. The topological polar surface area (TPSA) is 64.9 Å². The van der Waals surface area contributed by atoms with Gasteiger partial charge in [0.2, 0.25) is 5.91 Å². The minimum absolute atomic E-state index is 0.171. The number of nitrogens with zero attached hydrogens (tertiary/aromatic N) is 1. The molecule has 1 aromatic carbocycles. The molecule has 90 valence electrons. The summed E-state index contributed by atoms with van der Waals surface area (Å²) in [6.07, 6.45) is 0.970. The molecule has 5 heteroatoms. The Morgan fingerprint density at radius 3 is 2.94 bits per heavy atom. The number of rotatable bonds is 5. The maximum Gasteiger partial charge on any atom is 0.238 e. The van der Waals surface area contributed by atoms with Crippen molar-refractivity contribution in [2.45, 2.75) is 13.3 Å². The van der Waals surface area contributed by atoms with Gasteiger partial charge in [0.25, 0.3) is 0 Å². The van der Waals surface area contributed by atoms with Crippen LogP contribution in [-0.2, 0) is 4.79 Å². The van der Waals surface area contributed by atoms with Gasteiger partial charge in [-0.1, -0.05) is 18.5 Å². The zero-order valence-electron chi connectivity index (χ0n) is 9.59. The van der Waals surface area contributed by atoms with E-state index in [4.69, 9.17) is 16.9 Å². The Morgan fingerprint density at radius 1 is 1.53 bits per heavy atom. The monoisotopic (exact) mass is 251 g/mol. The van der Waals surface area contributed by atoms with Crippen molar-refractivity contribution >= 4 is 23.2 Å². The average molecular weight is 252 g/mol. The van der Waals surface area contributed by atoms with Gasteiger partial charge in [-0.25, -0.2) is 0 Å². The van der Waals surface area contributed by atoms with Gasteiger partial charge in [-0.15, -0.1) is 0 Å². The number of benzene rings is 1. The SMILES string of the molecule is CCCNCC(=O)Nc1cc(C#N)ccc1Cl. The van der Waals surface area contributed by atoms with E-state index in [1.165, 1.54) is 0 Å². The molecule has 0 atom stereocenters. The second kappa shape index (κ2) is 6.89. The van der Waals surface area contributed by atoms with Crippen LogP contribution in [0.3, 0.4) is 0 Å². The highest BCUT2D eigenvalue weighted by Gasteiger charge is 2.06. The van der Waals surface area contributed by atoms with Gasteiger partial charge in [0.1, 0.15) is 0 Å². The molecule has 0 aromatic heterocycles. The normalized spacial score (nSPS) is 9.71. The fourth-order valence-corrected chi connectivity index (χ4v) is 1.43. The summed E-state index contributed by atoms with van der Waals surface area (Å²) in [4.78, 5) is 11.5. The lowest BCUT2D eigenvalue weighted by Crippen LogP contribution is -2.28. The minimum atomic E-state index is -0.171. The Bertz CT molecular complexity index is 440. The lowest BCUT2D eigenvalue weighted by Gasteiger charge is -2.08. The molecular weight excluding hydrogens is 238 g/mol. The van der Waals surface area contributed by atoms with Crippen LogP contribution >= 0.6 is 11.6 Å². The highest BCUT2D eigenvalue weighted by molar-refractivity contribution is 6.33. The van der Waals surface area contributed by atoms with Crippen LogP contribution in [0.5, 0.6) is 0 Å². The van der Waals surface area contributed by atoms with Crippen LogP contribution in [0.25, 0.3) is 0 Å². The second-order valence-electron chi connectivity index (χ2n) is 3.53. The smallest absolute Gasteiger partial charge is 0.238 e. The van der Waals surface area contributed by atoms with Gasteiger partial charge in [-0.05, 0) is 31.2 Å². The van der Waals surface area contributed by atoms with E-state index in [1.54, 1.807) is 18.2 Å². The number of nitriles is 1. The molecule has 0 radical (unpaired) electrons. The first kappa shape index (κ1) is 13.5. The highest BCUT2D eigenvalue weighted by Crippen LogP contribution is 2.22. The molecule has 17 heavy (non-hydrogen) atoms. The highest BCUT2D eigenvalue weighted by atomic mass is 35.5. The number of hydrogen-bond donors (Lipinski definition) is 2. The molecule has 0 aliphatic heterocycles. The third kappa shape index (κ3) is 4.43.